The van der Waals surface area contributed by atoms with Gasteiger partial charge in [0.15, 0.2) is 0 Å². The molecule has 9 heteroatoms. The van der Waals surface area contributed by atoms with Crippen molar-refractivity contribution < 1.29 is 15.0 Å². The molecule has 3 N–H and O–H groups in total. The van der Waals surface area contributed by atoms with Gasteiger partial charge in [-0.3, -0.25) is 9.48 Å². The van der Waals surface area contributed by atoms with Gasteiger partial charge in [-0.1, -0.05) is 0 Å². The van der Waals surface area contributed by atoms with E-state index in [9.17, 15) is 9.90 Å². The maximum atomic E-state index is 10.7. The van der Waals surface area contributed by atoms with Crippen LogP contribution < -0.4 is 5.32 Å². The van der Waals surface area contributed by atoms with Gasteiger partial charge in [0.2, 0.25) is 5.95 Å². The van der Waals surface area contributed by atoms with E-state index < -0.39 is 5.97 Å². The quantitative estimate of drug-likeness (QED) is 0.572. The van der Waals surface area contributed by atoms with Gasteiger partial charge >= 0.3 is 5.97 Å². The minimum atomic E-state index is -0.855. The molecule has 1 aliphatic rings. The molecular weight excluding hydrogens is 360 g/mol. The molecule has 0 spiro atoms. The van der Waals surface area contributed by atoms with Gasteiger partial charge in [-0.2, -0.15) is 10.1 Å². The van der Waals surface area contributed by atoms with Crippen molar-refractivity contribution in [2.75, 3.05) is 5.32 Å². The Labute approximate surface area is 162 Å². The topological polar surface area (TPSA) is 118 Å². The summed E-state index contributed by atoms with van der Waals surface area (Å²) in [4.78, 5) is 19.7. The number of carboxylic acid groups (broad SMARTS) is 1. The van der Waals surface area contributed by atoms with E-state index in [-0.39, 0.29) is 12.5 Å². The van der Waals surface area contributed by atoms with Gasteiger partial charge in [-0.05, 0) is 37.7 Å². The number of nitrogens with zero attached hydrogens (tertiary/aromatic N) is 5. The Hall–Kier alpha value is -2.94. The molecule has 1 saturated carbocycles. The van der Waals surface area contributed by atoms with Gasteiger partial charge < -0.3 is 20.1 Å². The van der Waals surface area contributed by atoms with Crippen LogP contribution in [0.3, 0.4) is 0 Å². The SMILES string of the molecule is O=C(O)CCn1cc(Nc2ncc3ccn(CC4CCC(O)CC4)c3n2)cn1. The zero-order chi connectivity index (χ0) is 19.5. The molecule has 28 heavy (non-hydrogen) atoms. The number of nitrogens with one attached hydrogen (secondary N) is 1. The predicted octanol–water partition coefficient (Wildman–Crippen LogP) is 2.40. The normalized spacial score (nSPS) is 19.8. The van der Waals surface area contributed by atoms with Gasteiger partial charge in [-0.25, -0.2) is 4.98 Å². The lowest BCUT2D eigenvalue weighted by atomic mass is 9.87. The Kier molecular flexibility index (Phi) is 5.25. The fraction of sp³-hybridized carbons (Fsp3) is 0.474. The minimum absolute atomic E-state index is 0.0231. The van der Waals surface area contributed by atoms with Crippen LogP contribution >= 0.6 is 0 Å². The number of aromatic nitrogens is 5. The van der Waals surface area contributed by atoms with Crippen molar-refractivity contribution in [3.63, 3.8) is 0 Å². The number of hydrogen-bond donors (Lipinski definition) is 3. The largest absolute Gasteiger partial charge is 0.481 e. The number of carbonyl (C=O) groups is 1. The number of aryl methyl sites for hydroxylation is 1. The van der Waals surface area contributed by atoms with Gasteiger partial charge in [-0.15, -0.1) is 0 Å². The molecule has 0 radical (unpaired) electrons. The van der Waals surface area contributed by atoms with Crippen LogP contribution in [-0.2, 0) is 17.9 Å². The molecule has 0 aromatic carbocycles. The van der Waals surface area contributed by atoms with Crippen molar-refractivity contribution in [1.29, 1.82) is 0 Å². The van der Waals surface area contributed by atoms with E-state index >= 15 is 0 Å². The van der Waals surface area contributed by atoms with Gasteiger partial charge in [0.1, 0.15) is 5.65 Å². The molecule has 0 aliphatic heterocycles. The number of aliphatic hydroxyl groups excluding tert-OH is 1. The van der Waals surface area contributed by atoms with Gasteiger partial charge in [0, 0.05) is 30.5 Å². The molecule has 3 heterocycles. The summed E-state index contributed by atoms with van der Waals surface area (Å²) in [7, 11) is 0. The molecule has 3 aromatic rings. The number of aliphatic hydroxyl groups is 1. The number of aliphatic carboxylic acids is 1. The summed E-state index contributed by atoms with van der Waals surface area (Å²) in [6.45, 7) is 1.20. The van der Waals surface area contributed by atoms with Gasteiger partial charge in [0.05, 0.1) is 31.0 Å². The Morgan fingerprint density at radius 3 is 2.86 bits per heavy atom. The highest BCUT2D eigenvalue weighted by Gasteiger charge is 2.20. The lowest BCUT2D eigenvalue weighted by Crippen LogP contribution is -2.21. The predicted molar refractivity (Wildman–Crippen MR) is 103 cm³/mol. The third kappa shape index (κ3) is 4.30. The van der Waals surface area contributed by atoms with Crippen LogP contribution in [0.1, 0.15) is 32.1 Å². The molecule has 0 bridgehead atoms. The van der Waals surface area contributed by atoms with E-state index in [1.807, 2.05) is 12.3 Å². The highest BCUT2D eigenvalue weighted by Crippen LogP contribution is 2.27. The van der Waals surface area contributed by atoms with Crippen molar-refractivity contribution in [2.24, 2.45) is 5.92 Å². The van der Waals surface area contributed by atoms with Crippen molar-refractivity contribution in [3.05, 3.63) is 30.9 Å². The Morgan fingerprint density at radius 2 is 2.07 bits per heavy atom. The number of fused-ring (bicyclic) bond motifs is 1. The highest BCUT2D eigenvalue weighted by atomic mass is 16.4. The van der Waals surface area contributed by atoms with Crippen LogP contribution in [0, 0.1) is 5.92 Å². The number of hydrogen-bond acceptors (Lipinski definition) is 6. The molecule has 1 fully saturated rings. The van der Waals surface area contributed by atoms with Crippen LogP contribution in [0.15, 0.2) is 30.9 Å². The van der Waals surface area contributed by atoms with Crippen LogP contribution in [-0.4, -0.2) is 46.6 Å². The molecule has 3 aromatic heterocycles. The second-order valence-electron chi connectivity index (χ2n) is 7.38. The number of anilines is 2. The average molecular weight is 384 g/mol. The smallest absolute Gasteiger partial charge is 0.305 e. The first kappa shape index (κ1) is 18.4. The van der Waals surface area contributed by atoms with E-state index in [1.54, 1.807) is 23.3 Å². The first-order valence-electron chi connectivity index (χ1n) is 9.58. The van der Waals surface area contributed by atoms with Gasteiger partial charge in [0.25, 0.3) is 0 Å². The lowest BCUT2D eigenvalue weighted by Gasteiger charge is -2.25. The molecule has 0 unspecified atom stereocenters. The Morgan fingerprint density at radius 1 is 1.25 bits per heavy atom. The molecular formula is C19H24N6O3. The fourth-order valence-corrected chi connectivity index (χ4v) is 3.67. The zero-order valence-electron chi connectivity index (χ0n) is 15.5. The van der Waals surface area contributed by atoms with Crippen molar-refractivity contribution in [3.8, 4) is 0 Å². The summed E-state index contributed by atoms with van der Waals surface area (Å²) in [5.74, 6) is 0.175. The lowest BCUT2D eigenvalue weighted by molar-refractivity contribution is -0.137. The van der Waals surface area contributed by atoms with Crippen molar-refractivity contribution in [1.82, 2.24) is 24.3 Å². The van der Waals surface area contributed by atoms with Crippen molar-refractivity contribution >= 4 is 28.6 Å². The average Bonchev–Trinajstić information content (AvgIpc) is 3.29. The summed E-state index contributed by atoms with van der Waals surface area (Å²) < 4.78 is 3.73. The van der Waals surface area contributed by atoms with E-state index in [0.29, 0.717) is 24.1 Å². The number of carboxylic acids is 1. The summed E-state index contributed by atoms with van der Waals surface area (Å²) in [5.41, 5.74) is 1.59. The minimum Gasteiger partial charge on any atom is -0.481 e. The molecule has 1 aliphatic carbocycles. The molecule has 0 amide bonds. The Bertz CT molecular complexity index is 958. The van der Waals surface area contributed by atoms with Crippen LogP contribution in [0.4, 0.5) is 11.6 Å². The summed E-state index contributed by atoms with van der Waals surface area (Å²) in [6, 6.07) is 2.01. The monoisotopic (exact) mass is 384 g/mol. The third-order valence-corrected chi connectivity index (χ3v) is 5.22. The maximum absolute atomic E-state index is 10.7. The summed E-state index contributed by atoms with van der Waals surface area (Å²) in [6.07, 6.45) is 10.9. The molecule has 0 saturated heterocycles. The first-order valence-corrected chi connectivity index (χ1v) is 9.58. The van der Waals surface area contributed by atoms with E-state index in [4.69, 9.17) is 5.11 Å². The molecule has 9 nitrogen and oxygen atoms in total. The second kappa shape index (κ2) is 7.97. The summed E-state index contributed by atoms with van der Waals surface area (Å²) in [5, 5.41) is 26.7. The molecule has 4 rings (SSSR count). The first-order chi connectivity index (χ1) is 13.6. The van der Waals surface area contributed by atoms with Crippen LogP contribution in [0.25, 0.3) is 11.0 Å². The number of rotatable bonds is 7. The highest BCUT2D eigenvalue weighted by molar-refractivity contribution is 5.76. The van der Waals surface area contributed by atoms with E-state index in [0.717, 1.165) is 43.3 Å². The molecule has 0 atom stereocenters. The summed E-state index contributed by atoms with van der Waals surface area (Å²) >= 11 is 0. The second-order valence-corrected chi connectivity index (χ2v) is 7.38. The fourth-order valence-electron chi connectivity index (χ4n) is 3.67. The maximum Gasteiger partial charge on any atom is 0.305 e. The molecule has 148 valence electrons. The van der Waals surface area contributed by atoms with Crippen LogP contribution in [0.5, 0.6) is 0 Å². The third-order valence-electron chi connectivity index (χ3n) is 5.22. The van der Waals surface area contributed by atoms with Crippen LogP contribution in [0.2, 0.25) is 0 Å². The van der Waals surface area contributed by atoms with Crippen molar-refractivity contribution in [2.45, 2.75) is 51.3 Å². The van der Waals surface area contributed by atoms with E-state index in [1.165, 1.54) is 0 Å². The standard InChI is InChI=1S/C19H24N6O3/c26-16-3-1-13(2-4-16)11-24-7-5-14-9-20-19(23-18(14)24)22-15-10-21-25(12-15)8-6-17(27)28/h5,7,9-10,12-13,16,26H,1-4,6,8,11H2,(H,27,28)(H,20,22,23). The van der Waals surface area contributed by atoms with E-state index in [2.05, 4.69) is 25.0 Å². The Balaban J connectivity index is 1.46. The zero-order valence-corrected chi connectivity index (χ0v) is 15.5.